The Morgan fingerprint density at radius 1 is 1.17 bits per heavy atom. The van der Waals surface area contributed by atoms with Gasteiger partial charge in [0.05, 0.1) is 13.7 Å². The van der Waals surface area contributed by atoms with Crippen LogP contribution in [0.5, 0.6) is 11.5 Å². The second kappa shape index (κ2) is 9.86. The number of benzene rings is 1. The number of aromatic nitrogens is 1. The van der Waals surface area contributed by atoms with Gasteiger partial charge in [0.15, 0.2) is 0 Å². The van der Waals surface area contributed by atoms with Gasteiger partial charge in [-0.15, -0.1) is 0 Å². The molecular weight excluding hydrogens is 376 g/mol. The number of nitrogens with zero attached hydrogens (tertiary/aromatic N) is 1. The van der Waals surface area contributed by atoms with Gasteiger partial charge in [-0.25, -0.2) is 9.59 Å². The normalized spacial score (nSPS) is 12.1. The van der Waals surface area contributed by atoms with Crippen LogP contribution in [0.1, 0.15) is 26.5 Å². The average molecular weight is 404 g/mol. The zero-order valence-corrected chi connectivity index (χ0v) is 17.2. The van der Waals surface area contributed by atoms with E-state index in [1.165, 1.54) is 0 Å². The topological polar surface area (TPSA) is 99.0 Å². The Hall–Kier alpha value is -3.16. The highest BCUT2D eigenvalue weighted by molar-refractivity contribution is 5.80. The Kier molecular flexibility index (Phi) is 7.52. The van der Waals surface area contributed by atoms with Crippen molar-refractivity contribution >= 4 is 12.1 Å². The van der Waals surface area contributed by atoms with E-state index in [2.05, 4.69) is 5.32 Å². The summed E-state index contributed by atoms with van der Waals surface area (Å²) < 4.78 is 18.0. The Morgan fingerprint density at radius 2 is 1.90 bits per heavy atom. The first-order chi connectivity index (χ1) is 13.7. The number of carboxylic acids is 1. The van der Waals surface area contributed by atoms with E-state index in [0.29, 0.717) is 24.7 Å². The molecule has 0 aliphatic heterocycles. The summed E-state index contributed by atoms with van der Waals surface area (Å²) >= 11 is 0. The fraction of sp³-hybridized carbons (Fsp3) is 0.429. The first-order valence-electron chi connectivity index (χ1n) is 9.31. The molecule has 0 radical (unpaired) electrons. The van der Waals surface area contributed by atoms with Crippen LogP contribution in [0.2, 0.25) is 0 Å². The molecule has 2 aromatic rings. The minimum atomic E-state index is -1.13. The van der Waals surface area contributed by atoms with Crippen LogP contribution >= 0.6 is 0 Å². The molecule has 158 valence electrons. The zero-order chi connectivity index (χ0) is 21.4. The minimum Gasteiger partial charge on any atom is -0.497 e. The van der Waals surface area contributed by atoms with E-state index in [9.17, 15) is 14.7 Å². The predicted molar refractivity (Wildman–Crippen MR) is 107 cm³/mol. The number of hydrogen-bond acceptors (Lipinski definition) is 5. The fourth-order valence-electron chi connectivity index (χ4n) is 2.66. The van der Waals surface area contributed by atoms with Crippen molar-refractivity contribution in [3.8, 4) is 11.5 Å². The van der Waals surface area contributed by atoms with Crippen LogP contribution in [-0.2, 0) is 22.5 Å². The van der Waals surface area contributed by atoms with Gasteiger partial charge in [0.1, 0.15) is 29.7 Å². The second-order valence-corrected chi connectivity index (χ2v) is 7.46. The maximum atomic E-state index is 11.9. The summed E-state index contributed by atoms with van der Waals surface area (Å²) in [7, 11) is 1.59. The lowest BCUT2D eigenvalue weighted by Crippen LogP contribution is -2.45. The maximum Gasteiger partial charge on any atom is 0.408 e. The molecule has 1 unspecified atom stereocenters. The number of carbonyl (C=O) groups excluding carboxylic acids is 1. The van der Waals surface area contributed by atoms with Crippen molar-refractivity contribution in [2.45, 2.75) is 45.4 Å². The highest BCUT2D eigenvalue weighted by Crippen LogP contribution is 2.19. The summed E-state index contributed by atoms with van der Waals surface area (Å²) in [6, 6.07) is 9.85. The van der Waals surface area contributed by atoms with Gasteiger partial charge in [-0.1, -0.05) is 6.07 Å². The van der Waals surface area contributed by atoms with Crippen molar-refractivity contribution in [2.75, 3.05) is 13.7 Å². The number of aliphatic carboxylic acids is 1. The summed E-state index contributed by atoms with van der Waals surface area (Å²) in [5.74, 6) is 0.269. The molecule has 29 heavy (non-hydrogen) atoms. The van der Waals surface area contributed by atoms with Crippen LogP contribution in [0, 0.1) is 0 Å². The van der Waals surface area contributed by atoms with Crippen molar-refractivity contribution in [3.63, 3.8) is 0 Å². The van der Waals surface area contributed by atoms with E-state index in [1.807, 2.05) is 41.1 Å². The third-order valence-corrected chi connectivity index (χ3v) is 3.97. The van der Waals surface area contributed by atoms with Crippen LogP contribution in [0.15, 0.2) is 42.6 Å². The van der Waals surface area contributed by atoms with E-state index in [4.69, 9.17) is 14.2 Å². The molecule has 0 aliphatic carbocycles. The van der Waals surface area contributed by atoms with Crippen LogP contribution < -0.4 is 14.8 Å². The first-order valence-corrected chi connectivity index (χ1v) is 9.31. The summed E-state index contributed by atoms with van der Waals surface area (Å²) in [6.45, 7) is 6.08. The molecule has 1 aromatic carbocycles. The molecule has 8 nitrogen and oxygen atoms in total. The van der Waals surface area contributed by atoms with Gasteiger partial charge >= 0.3 is 12.1 Å². The summed E-state index contributed by atoms with van der Waals surface area (Å²) in [5, 5.41) is 11.9. The lowest BCUT2D eigenvalue weighted by molar-refractivity contribution is -0.139. The Balaban J connectivity index is 1.94. The fourth-order valence-corrected chi connectivity index (χ4v) is 2.66. The second-order valence-electron chi connectivity index (χ2n) is 7.46. The van der Waals surface area contributed by atoms with Gasteiger partial charge in [0.2, 0.25) is 0 Å². The van der Waals surface area contributed by atoms with Gasteiger partial charge in [0, 0.05) is 24.4 Å². The van der Waals surface area contributed by atoms with Gasteiger partial charge < -0.3 is 29.2 Å². The smallest absolute Gasteiger partial charge is 0.408 e. The number of carbonyl (C=O) groups is 2. The van der Waals surface area contributed by atoms with Gasteiger partial charge in [-0.3, -0.25) is 0 Å². The molecule has 0 aliphatic rings. The lowest BCUT2D eigenvalue weighted by atomic mass is 10.1. The van der Waals surface area contributed by atoms with Gasteiger partial charge in [-0.05, 0) is 45.0 Å². The minimum absolute atomic E-state index is 0.126. The molecule has 2 rings (SSSR count). The van der Waals surface area contributed by atoms with E-state index in [-0.39, 0.29) is 6.42 Å². The molecule has 1 atom stereocenters. The molecule has 0 saturated heterocycles. The molecule has 0 spiro atoms. The monoisotopic (exact) mass is 404 g/mol. The molecule has 0 saturated carbocycles. The number of alkyl carbamates (subject to hydrolysis) is 1. The summed E-state index contributed by atoms with van der Waals surface area (Å²) in [5.41, 5.74) is 0.0628. The quantitative estimate of drug-likeness (QED) is 0.666. The van der Waals surface area contributed by atoms with Crippen LogP contribution in [0.3, 0.4) is 0 Å². The van der Waals surface area contributed by atoms with Gasteiger partial charge in [0.25, 0.3) is 0 Å². The van der Waals surface area contributed by atoms with E-state index < -0.39 is 23.7 Å². The molecule has 0 fully saturated rings. The van der Waals surface area contributed by atoms with Gasteiger partial charge in [-0.2, -0.15) is 0 Å². The number of amides is 1. The van der Waals surface area contributed by atoms with E-state index in [1.54, 1.807) is 33.9 Å². The average Bonchev–Trinajstić information content (AvgIpc) is 3.07. The van der Waals surface area contributed by atoms with Crippen molar-refractivity contribution in [1.82, 2.24) is 9.88 Å². The Bertz CT molecular complexity index is 825. The summed E-state index contributed by atoms with van der Waals surface area (Å²) in [4.78, 5) is 23.5. The van der Waals surface area contributed by atoms with Crippen molar-refractivity contribution < 1.29 is 28.9 Å². The molecular formula is C21H28N2O6. The third kappa shape index (κ3) is 7.40. The standard InChI is InChI=1S/C21H28N2O6/c1-21(2,3)29-20(26)22-18(19(24)25)13-15-7-6-10-23(15)11-12-28-17-9-5-8-16(14-17)27-4/h5-10,14,18H,11-13H2,1-4H3,(H,22,26)(H,24,25). The first kappa shape index (κ1) is 22.1. The van der Waals surface area contributed by atoms with Crippen LogP contribution in [-0.4, -0.2) is 47.1 Å². The number of methoxy groups -OCH3 is 1. The van der Waals surface area contributed by atoms with E-state index >= 15 is 0 Å². The third-order valence-electron chi connectivity index (χ3n) is 3.97. The Labute approximate surface area is 170 Å². The number of nitrogens with one attached hydrogen (secondary N) is 1. The molecule has 8 heteroatoms. The van der Waals surface area contributed by atoms with Crippen molar-refractivity contribution in [2.24, 2.45) is 0 Å². The highest BCUT2D eigenvalue weighted by Gasteiger charge is 2.25. The zero-order valence-electron chi connectivity index (χ0n) is 17.2. The largest absolute Gasteiger partial charge is 0.497 e. The van der Waals surface area contributed by atoms with Crippen molar-refractivity contribution in [1.29, 1.82) is 0 Å². The van der Waals surface area contributed by atoms with Crippen LogP contribution in [0.25, 0.3) is 0 Å². The highest BCUT2D eigenvalue weighted by atomic mass is 16.6. The Morgan fingerprint density at radius 3 is 2.55 bits per heavy atom. The lowest BCUT2D eigenvalue weighted by Gasteiger charge is -2.22. The molecule has 1 heterocycles. The SMILES string of the molecule is COc1cccc(OCCn2cccc2CC(NC(=O)OC(C)(C)C)C(=O)O)c1. The number of carboxylic acid groups (broad SMARTS) is 1. The predicted octanol–water partition coefficient (Wildman–Crippen LogP) is 3.10. The molecule has 1 aromatic heterocycles. The number of hydrogen-bond donors (Lipinski definition) is 2. The molecule has 0 bridgehead atoms. The number of rotatable bonds is 9. The maximum absolute atomic E-state index is 11.9. The molecule has 1 amide bonds. The van der Waals surface area contributed by atoms with Crippen molar-refractivity contribution in [3.05, 3.63) is 48.3 Å². The molecule has 2 N–H and O–H groups in total. The van der Waals surface area contributed by atoms with Crippen LogP contribution in [0.4, 0.5) is 4.79 Å². The van der Waals surface area contributed by atoms with E-state index in [0.717, 1.165) is 5.69 Å². The summed E-state index contributed by atoms with van der Waals surface area (Å²) in [6.07, 6.45) is 1.21. The number of ether oxygens (including phenoxy) is 3.